The van der Waals surface area contributed by atoms with Crippen molar-refractivity contribution in [1.82, 2.24) is 34.7 Å². The van der Waals surface area contributed by atoms with Crippen molar-refractivity contribution in [3.8, 4) is 28.5 Å². The monoisotopic (exact) mass is 456 g/mol. The summed E-state index contributed by atoms with van der Waals surface area (Å²) in [7, 11) is 1.90. The molecule has 34 heavy (non-hydrogen) atoms. The number of nitrogens with one attached hydrogen (secondary N) is 1. The van der Waals surface area contributed by atoms with Crippen LogP contribution in [0.15, 0.2) is 49.1 Å². The minimum atomic E-state index is 0.266. The van der Waals surface area contributed by atoms with E-state index in [1.54, 1.807) is 24.8 Å². The van der Waals surface area contributed by atoms with Crippen LogP contribution in [0.25, 0.3) is 22.8 Å². The highest BCUT2D eigenvalue weighted by Crippen LogP contribution is 2.27. The second-order valence-corrected chi connectivity index (χ2v) is 8.48. The van der Waals surface area contributed by atoms with Crippen molar-refractivity contribution in [3.05, 3.63) is 60.4 Å². The van der Waals surface area contributed by atoms with Crippen molar-refractivity contribution < 1.29 is 4.74 Å². The highest BCUT2D eigenvalue weighted by Gasteiger charge is 2.19. The third-order valence-electron chi connectivity index (χ3n) is 6.08. The summed E-state index contributed by atoms with van der Waals surface area (Å²) < 4.78 is 8.00. The fourth-order valence-electron chi connectivity index (χ4n) is 4.19. The predicted molar refractivity (Wildman–Crippen MR) is 129 cm³/mol. The Bertz CT molecular complexity index is 1250. The van der Waals surface area contributed by atoms with Gasteiger partial charge in [0.15, 0.2) is 11.6 Å². The molecule has 0 atom stereocenters. The highest BCUT2D eigenvalue weighted by molar-refractivity contribution is 5.59. The second kappa shape index (κ2) is 9.94. The summed E-state index contributed by atoms with van der Waals surface area (Å²) in [6, 6.07) is 7.59. The molecule has 0 aliphatic heterocycles. The zero-order chi connectivity index (χ0) is 23.3. The molecule has 0 saturated heterocycles. The van der Waals surface area contributed by atoms with Gasteiger partial charge >= 0.3 is 0 Å². The number of ether oxygens (including phenoxy) is 1. The molecule has 9 heteroatoms. The molecule has 1 aliphatic rings. The number of hydrogen-bond donors (Lipinski definition) is 1. The van der Waals surface area contributed by atoms with E-state index in [1.165, 1.54) is 19.3 Å². The lowest BCUT2D eigenvalue weighted by Crippen LogP contribution is -2.20. The molecule has 0 radical (unpaired) electrons. The maximum Gasteiger partial charge on any atom is 0.223 e. The Hall–Kier alpha value is -3.88. The van der Waals surface area contributed by atoms with Crippen LogP contribution in [0, 0.1) is 6.92 Å². The van der Waals surface area contributed by atoms with Gasteiger partial charge < -0.3 is 10.1 Å². The van der Waals surface area contributed by atoms with Gasteiger partial charge in [0, 0.05) is 19.4 Å². The topological polar surface area (TPSA) is 104 Å². The largest absolute Gasteiger partial charge is 0.487 e. The maximum atomic E-state index is 6.19. The SMILES string of the molecule is Cc1nc(-c2cnn(C)c2CNc2nccc(-c3ccccn3)n2)ncc1OC1CCCCC1. The zero-order valence-corrected chi connectivity index (χ0v) is 19.5. The Morgan fingerprint density at radius 3 is 2.65 bits per heavy atom. The molecule has 1 fully saturated rings. The van der Waals surface area contributed by atoms with E-state index in [1.807, 2.05) is 42.9 Å². The van der Waals surface area contributed by atoms with Crippen molar-refractivity contribution in [2.75, 3.05) is 5.32 Å². The average molecular weight is 457 g/mol. The summed E-state index contributed by atoms with van der Waals surface area (Å²) in [4.78, 5) is 22.6. The molecular weight excluding hydrogens is 428 g/mol. The van der Waals surface area contributed by atoms with Crippen molar-refractivity contribution in [2.24, 2.45) is 7.05 Å². The molecule has 5 rings (SSSR count). The molecule has 1 aliphatic carbocycles. The summed E-state index contributed by atoms with van der Waals surface area (Å²) >= 11 is 0. The van der Waals surface area contributed by atoms with Gasteiger partial charge in [-0.2, -0.15) is 5.10 Å². The molecule has 4 heterocycles. The number of rotatable bonds is 7. The lowest BCUT2D eigenvalue weighted by molar-refractivity contribution is 0.152. The molecule has 1 saturated carbocycles. The van der Waals surface area contributed by atoms with E-state index in [0.717, 1.165) is 46.9 Å². The molecule has 0 unspecified atom stereocenters. The van der Waals surface area contributed by atoms with Crippen LogP contribution in [0.3, 0.4) is 0 Å². The molecule has 0 bridgehead atoms. The van der Waals surface area contributed by atoms with Crippen molar-refractivity contribution in [1.29, 1.82) is 0 Å². The zero-order valence-electron chi connectivity index (χ0n) is 19.5. The Kier molecular flexibility index (Phi) is 6.42. The van der Waals surface area contributed by atoms with Crippen molar-refractivity contribution in [3.63, 3.8) is 0 Å². The first kappa shape index (κ1) is 21.9. The molecule has 4 aromatic rings. The summed E-state index contributed by atoms with van der Waals surface area (Å²) in [5.41, 5.74) is 4.20. The molecule has 0 aromatic carbocycles. The van der Waals surface area contributed by atoms with Gasteiger partial charge in [0.25, 0.3) is 0 Å². The van der Waals surface area contributed by atoms with E-state index >= 15 is 0 Å². The molecule has 4 aromatic heterocycles. The predicted octanol–water partition coefficient (Wildman–Crippen LogP) is 4.36. The number of nitrogens with zero attached hydrogens (tertiary/aromatic N) is 7. The lowest BCUT2D eigenvalue weighted by atomic mass is 9.98. The first-order valence-electron chi connectivity index (χ1n) is 11.7. The quantitative estimate of drug-likeness (QED) is 0.437. The lowest BCUT2D eigenvalue weighted by Gasteiger charge is -2.23. The van der Waals surface area contributed by atoms with Gasteiger partial charge in [0.2, 0.25) is 5.95 Å². The van der Waals surface area contributed by atoms with Gasteiger partial charge in [-0.25, -0.2) is 19.9 Å². The third kappa shape index (κ3) is 4.88. The van der Waals surface area contributed by atoms with Crippen LogP contribution in [0.5, 0.6) is 5.75 Å². The molecule has 0 spiro atoms. The Labute approximate surface area is 198 Å². The molecule has 174 valence electrons. The Balaban J connectivity index is 1.32. The van der Waals surface area contributed by atoms with Gasteiger partial charge in [-0.1, -0.05) is 12.5 Å². The standard InChI is InChI=1S/C25H28N8O/c1-17-23(34-18-8-4-3-5-9-18)16-28-24(31-17)19-14-30-33(2)22(19)15-29-25-27-13-11-21(32-25)20-10-6-7-12-26-20/h6-7,10-14,16,18H,3-5,8-9,15H2,1-2H3,(H,27,29,32). The number of aryl methyl sites for hydroxylation is 2. The van der Waals surface area contributed by atoms with Crippen LogP contribution in [-0.2, 0) is 13.6 Å². The molecule has 1 N–H and O–H groups in total. The molecule has 9 nitrogen and oxygen atoms in total. The highest BCUT2D eigenvalue weighted by atomic mass is 16.5. The van der Waals surface area contributed by atoms with E-state index in [2.05, 4.69) is 30.4 Å². The average Bonchev–Trinajstić information content (AvgIpc) is 3.25. The van der Waals surface area contributed by atoms with E-state index in [0.29, 0.717) is 18.3 Å². The Morgan fingerprint density at radius 1 is 0.971 bits per heavy atom. The second-order valence-electron chi connectivity index (χ2n) is 8.48. The van der Waals surface area contributed by atoms with Gasteiger partial charge in [-0.15, -0.1) is 0 Å². The molecule has 0 amide bonds. The fraction of sp³-hybridized carbons (Fsp3) is 0.360. The summed E-state index contributed by atoms with van der Waals surface area (Å²) in [6.07, 6.45) is 13.3. The van der Waals surface area contributed by atoms with Crippen LogP contribution in [-0.4, -0.2) is 40.8 Å². The van der Waals surface area contributed by atoms with Crippen molar-refractivity contribution >= 4 is 5.95 Å². The number of aromatic nitrogens is 7. The van der Waals surface area contributed by atoms with Crippen LogP contribution in [0.1, 0.15) is 43.5 Å². The summed E-state index contributed by atoms with van der Waals surface area (Å²) in [5.74, 6) is 1.91. The van der Waals surface area contributed by atoms with Crippen molar-refractivity contribution in [2.45, 2.75) is 51.7 Å². The third-order valence-corrected chi connectivity index (χ3v) is 6.08. The number of pyridine rings is 1. The van der Waals surface area contributed by atoms with Gasteiger partial charge in [-0.3, -0.25) is 9.67 Å². The van der Waals surface area contributed by atoms with Crippen LogP contribution in [0.2, 0.25) is 0 Å². The smallest absolute Gasteiger partial charge is 0.223 e. The van der Waals surface area contributed by atoms with Crippen LogP contribution in [0.4, 0.5) is 5.95 Å². The molecular formula is C25H28N8O. The minimum Gasteiger partial charge on any atom is -0.487 e. The van der Waals surface area contributed by atoms with Gasteiger partial charge in [-0.05, 0) is 50.8 Å². The number of anilines is 1. The minimum absolute atomic E-state index is 0.266. The van der Waals surface area contributed by atoms with E-state index in [-0.39, 0.29) is 6.10 Å². The Morgan fingerprint density at radius 2 is 1.85 bits per heavy atom. The summed E-state index contributed by atoms with van der Waals surface area (Å²) in [6.45, 7) is 2.44. The van der Waals surface area contributed by atoms with Crippen LogP contribution < -0.4 is 10.1 Å². The first-order valence-corrected chi connectivity index (χ1v) is 11.7. The van der Waals surface area contributed by atoms with E-state index < -0.39 is 0 Å². The van der Waals surface area contributed by atoms with E-state index in [4.69, 9.17) is 9.72 Å². The van der Waals surface area contributed by atoms with Gasteiger partial charge in [0.1, 0.15) is 0 Å². The van der Waals surface area contributed by atoms with E-state index in [9.17, 15) is 0 Å². The first-order chi connectivity index (χ1) is 16.7. The maximum absolute atomic E-state index is 6.19. The summed E-state index contributed by atoms with van der Waals surface area (Å²) in [5, 5.41) is 7.73. The van der Waals surface area contributed by atoms with Gasteiger partial charge in [0.05, 0.1) is 53.4 Å². The fourth-order valence-corrected chi connectivity index (χ4v) is 4.19. The van der Waals surface area contributed by atoms with Crippen LogP contribution >= 0.6 is 0 Å². The number of hydrogen-bond acceptors (Lipinski definition) is 8. The normalized spacial score (nSPS) is 14.2.